The quantitative estimate of drug-likeness (QED) is 0.810. The summed E-state index contributed by atoms with van der Waals surface area (Å²) in [6.07, 6.45) is 1.39. The van der Waals surface area contributed by atoms with Crippen molar-refractivity contribution in [2.45, 2.75) is 13.0 Å². The Kier molecular flexibility index (Phi) is 4.23. The molecule has 1 unspecified atom stereocenters. The first-order valence-corrected chi connectivity index (χ1v) is 6.79. The number of halogens is 2. The van der Waals surface area contributed by atoms with E-state index in [-0.39, 0.29) is 11.6 Å². The molecule has 2 aromatic rings. The van der Waals surface area contributed by atoms with Crippen molar-refractivity contribution in [1.29, 1.82) is 0 Å². The molecule has 94 valence electrons. The second kappa shape index (κ2) is 5.71. The van der Waals surface area contributed by atoms with Crippen molar-refractivity contribution < 1.29 is 0 Å². The predicted octanol–water partition coefficient (Wildman–Crippen LogP) is 3.20. The average Bonchev–Trinajstić information content (AvgIpc) is 2.36. The van der Waals surface area contributed by atoms with Gasteiger partial charge in [0.05, 0.1) is 6.33 Å². The van der Waals surface area contributed by atoms with Crippen LogP contribution >= 0.6 is 34.2 Å². The molecule has 18 heavy (non-hydrogen) atoms. The number of rotatable bonds is 3. The van der Waals surface area contributed by atoms with Crippen LogP contribution in [0.15, 0.2) is 35.4 Å². The molecule has 0 fully saturated rings. The summed E-state index contributed by atoms with van der Waals surface area (Å²) in [5, 5.41) is 3.91. The normalized spacial score (nSPS) is 12.2. The Morgan fingerprint density at radius 2 is 2.06 bits per heavy atom. The highest BCUT2D eigenvalue weighted by atomic mass is 127. The number of hydrogen-bond donors (Lipinski definition) is 2. The lowest BCUT2D eigenvalue weighted by molar-refractivity contribution is 0.867. The van der Waals surface area contributed by atoms with Crippen molar-refractivity contribution in [2.24, 2.45) is 0 Å². The van der Waals surface area contributed by atoms with E-state index in [1.54, 1.807) is 0 Å². The van der Waals surface area contributed by atoms with E-state index in [9.17, 15) is 4.79 Å². The third kappa shape index (κ3) is 3.02. The number of H-pyrrole nitrogens is 1. The van der Waals surface area contributed by atoms with Crippen LogP contribution in [0.3, 0.4) is 0 Å². The second-order valence-corrected chi connectivity index (χ2v) is 5.33. The maximum Gasteiger partial charge on any atom is 0.266 e. The van der Waals surface area contributed by atoms with Gasteiger partial charge in [0.1, 0.15) is 9.39 Å². The number of anilines is 1. The fraction of sp³-hybridized carbons (Fsp3) is 0.167. The molecule has 2 N–H and O–H groups in total. The zero-order valence-corrected chi connectivity index (χ0v) is 12.5. The lowest BCUT2D eigenvalue weighted by Gasteiger charge is -2.15. The number of aromatic amines is 1. The van der Waals surface area contributed by atoms with Gasteiger partial charge in [-0.25, -0.2) is 4.98 Å². The molecule has 2 rings (SSSR count). The minimum atomic E-state index is -0.142. The number of nitrogens with zero attached hydrogens (tertiary/aromatic N) is 1. The minimum absolute atomic E-state index is 0.0464. The molecule has 0 aliphatic heterocycles. The van der Waals surface area contributed by atoms with Crippen LogP contribution in [-0.2, 0) is 0 Å². The largest absolute Gasteiger partial charge is 0.362 e. The van der Waals surface area contributed by atoms with Crippen molar-refractivity contribution in [1.82, 2.24) is 9.97 Å². The molecule has 1 heterocycles. The van der Waals surface area contributed by atoms with Crippen LogP contribution in [0.4, 0.5) is 5.82 Å². The lowest BCUT2D eigenvalue weighted by Crippen LogP contribution is -2.16. The van der Waals surface area contributed by atoms with E-state index >= 15 is 0 Å². The first kappa shape index (κ1) is 13.4. The maximum atomic E-state index is 11.4. The van der Waals surface area contributed by atoms with Gasteiger partial charge in [0.2, 0.25) is 0 Å². The Balaban J connectivity index is 2.21. The molecule has 0 saturated carbocycles. The first-order chi connectivity index (χ1) is 8.58. The number of nitrogens with one attached hydrogen (secondary N) is 2. The average molecular weight is 376 g/mol. The minimum Gasteiger partial charge on any atom is -0.362 e. The third-order valence-electron chi connectivity index (χ3n) is 2.52. The van der Waals surface area contributed by atoms with E-state index in [2.05, 4.69) is 15.3 Å². The Morgan fingerprint density at radius 1 is 1.39 bits per heavy atom. The summed E-state index contributed by atoms with van der Waals surface area (Å²) < 4.78 is 0.552. The van der Waals surface area contributed by atoms with E-state index in [1.807, 2.05) is 53.8 Å². The van der Waals surface area contributed by atoms with Gasteiger partial charge in [-0.3, -0.25) is 4.79 Å². The highest BCUT2D eigenvalue weighted by Gasteiger charge is 2.10. The van der Waals surface area contributed by atoms with Crippen LogP contribution in [0.1, 0.15) is 18.5 Å². The van der Waals surface area contributed by atoms with Gasteiger partial charge in [0, 0.05) is 11.1 Å². The van der Waals surface area contributed by atoms with Gasteiger partial charge in [-0.1, -0.05) is 23.7 Å². The van der Waals surface area contributed by atoms with Crippen molar-refractivity contribution in [3.63, 3.8) is 0 Å². The summed E-state index contributed by atoms with van der Waals surface area (Å²) in [6.45, 7) is 2.00. The molecule has 0 radical (unpaired) electrons. The number of benzene rings is 1. The zero-order chi connectivity index (χ0) is 13.1. The fourth-order valence-electron chi connectivity index (χ4n) is 1.52. The summed E-state index contributed by atoms with van der Waals surface area (Å²) >= 11 is 7.82. The topological polar surface area (TPSA) is 57.8 Å². The predicted molar refractivity (Wildman–Crippen MR) is 81.1 cm³/mol. The molecule has 0 bridgehead atoms. The highest BCUT2D eigenvalue weighted by Crippen LogP contribution is 2.21. The molecule has 0 aliphatic carbocycles. The van der Waals surface area contributed by atoms with Crippen LogP contribution < -0.4 is 10.9 Å². The SMILES string of the molecule is CC(Nc1nc[nH]c(=O)c1I)c1ccc(Cl)cc1. The van der Waals surface area contributed by atoms with Gasteiger partial charge in [-0.2, -0.15) is 0 Å². The Hall–Kier alpha value is -1.08. The van der Waals surface area contributed by atoms with Crippen LogP contribution in [0, 0.1) is 3.57 Å². The molecular weight excluding hydrogens is 365 g/mol. The maximum absolute atomic E-state index is 11.4. The molecule has 1 atom stereocenters. The molecule has 1 aromatic carbocycles. The summed E-state index contributed by atoms with van der Waals surface area (Å²) in [6, 6.07) is 7.61. The van der Waals surface area contributed by atoms with Crippen LogP contribution in [0.2, 0.25) is 5.02 Å². The zero-order valence-electron chi connectivity index (χ0n) is 9.58. The summed E-state index contributed by atoms with van der Waals surface area (Å²) in [7, 11) is 0. The second-order valence-electron chi connectivity index (χ2n) is 3.81. The molecule has 0 spiro atoms. The first-order valence-electron chi connectivity index (χ1n) is 5.33. The van der Waals surface area contributed by atoms with Gasteiger partial charge in [-0.05, 0) is 47.2 Å². The fourth-order valence-corrected chi connectivity index (χ4v) is 2.10. The van der Waals surface area contributed by atoms with Gasteiger partial charge in [-0.15, -0.1) is 0 Å². The number of aromatic nitrogens is 2. The van der Waals surface area contributed by atoms with E-state index in [1.165, 1.54) is 6.33 Å². The highest BCUT2D eigenvalue weighted by molar-refractivity contribution is 14.1. The Labute approximate surface area is 123 Å². The van der Waals surface area contributed by atoms with Crippen molar-refractivity contribution in [3.8, 4) is 0 Å². The molecular formula is C12H11ClIN3O. The van der Waals surface area contributed by atoms with E-state index in [0.717, 1.165) is 5.56 Å². The molecule has 0 amide bonds. The molecule has 0 saturated heterocycles. The molecule has 6 heteroatoms. The van der Waals surface area contributed by atoms with Crippen molar-refractivity contribution >= 4 is 40.0 Å². The Bertz CT molecular complexity index is 597. The van der Waals surface area contributed by atoms with Crippen LogP contribution in [0.5, 0.6) is 0 Å². The smallest absolute Gasteiger partial charge is 0.266 e. The van der Waals surface area contributed by atoms with Gasteiger partial charge in [0.25, 0.3) is 5.56 Å². The van der Waals surface area contributed by atoms with Crippen LogP contribution in [-0.4, -0.2) is 9.97 Å². The molecule has 1 aromatic heterocycles. The van der Waals surface area contributed by atoms with Gasteiger partial charge in [0.15, 0.2) is 0 Å². The molecule has 0 aliphatic rings. The Morgan fingerprint density at radius 3 is 2.72 bits per heavy atom. The standard InChI is InChI=1S/C12H11ClIN3O/c1-7(8-2-4-9(13)5-3-8)17-11-10(14)12(18)16-6-15-11/h2-7H,1H3,(H2,15,16,17,18). The van der Waals surface area contributed by atoms with Crippen molar-refractivity contribution in [2.75, 3.05) is 5.32 Å². The van der Waals surface area contributed by atoms with Crippen molar-refractivity contribution in [3.05, 3.63) is 55.1 Å². The number of hydrogen-bond acceptors (Lipinski definition) is 3. The van der Waals surface area contributed by atoms with E-state index in [4.69, 9.17) is 11.6 Å². The van der Waals surface area contributed by atoms with Gasteiger partial charge >= 0.3 is 0 Å². The molecule has 4 nitrogen and oxygen atoms in total. The van der Waals surface area contributed by atoms with Crippen LogP contribution in [0.25, 0.3) is 0 Å². The van der Waals surface area contributed by atoms with E-state index in [0.29, 0.717) is 14.4 Å². The van der Waals surface area contributed by atoms with Gasteiger partial charge < -0.3 is 10.3 Å². The van der Waals surface area contributed by atoms with E-state index < -0.39 is 0 Å². The third-order valence-corrected chi connectivity index (χ3v) is 3.77. The summed E-state index contributed by atoms with van der Waals surface area (Å²) in [4.78, 5) is 18.1. The lowest BCUT2D eigenvalue weighted by atomic mass is 10.1. The summed E-state index contributed by atoms with van der Waals surface area (Å²) in [5.41, 5.74) is 0.939. The summed E-state index contributed by atoms with van der Waals surface area (Å²) in [5.74, 6) is 0.585. The monoisotopic (exact) mass is 375 g/mol.